The predicted molar refractivity (Wildman–Crippen MR) is 263 cm³/mol. The van der Waals surface area contributed by atoms with Gasteiger partial charge in [0, 0.05) is 42.8 Å². The van der Waals surface area contributed by atoms with Crippen molar-refractivity contribution < 1.29 is 56.8 Å². The van der Waals surface area contributed by atoms with E-state index < -0.39 is 14.5 Å². The molecule has 344 valence electrons. The summed E-state index contributed by atoms with van der Waals surface area (Å²) in [5.41, 5.74) is 0. The van der Waals surface area contributed by atoms with Gasteiger partial charge in [0.2, 0.25) is 0 Å². The number of hydrogen-bond donors (Lipinski definition) is 0. The van der Waals surface area contributed by atoms with Crippen LogP contribution in [0.2, 0.25) is 0 Å². The summed E-state index contributed by atoms with van der Waals surface area (Å²) in [7, 11) is 14.1. The van der Waals surface area contributed by atoms with Crippen molar-refractivity contribution in [3.8, 4) is 69.0 Å². The first-order valence-corrected chi connectivity index (χ1v) is 24.7. The number of methoxy groups -OCH3 is 12. The fraction of sp³-hybridized carbons (Fsp3) is 0.294. The molecule has 0 aliphatic carbocycles. The molecule has 0 saturated heterocycles. The summed E-state index contributed by atoms with van der Waals surface area (Å²) >= 11 is 0. The molecule has 0 aliphatic heterocycles. The van der Waals surface area contributed by atoms with Gasteiger partial charge in [0.15, 0.2) is 34.5 Å². The molecule has 0 heterocycles. The number of hydrogen-bond acceptors (Lipinski definition) is 12. The van der Waals surface area contributed by atoms with E-state index in [4.69, 9.17) is 56.8 Å². The van der Waals surface area contributed by atoms with Gasteiger partial charge in [0.05, 0.1) is 97.6 Å². The molecular weight excluding hydrogens is 866 g/mol. The van der Waals surface area contributed by atoms with Crippen LogP contribution in [0.4, 0.5) is 0 Å². The molecule has 0 unspecified atom stereocenters. The Morgan fingerprint density at radius 3 is 0.554 bits per heavy atom. The van der Waals surface area contributed by atoms with Gasteiger partial charge in [-0.15, -0.1) is 0 Å². The fourth-order valence-corrected chi connectivity index (χ4v) is 18.3. The molecule has 0 aromatic heterocycles. The lowest BCUT2D eigenvalue weighted by Crippen LogP contribution is -2.38. The molecule has 0 atom stereocenters. The average molecular weight is 927 g/mol. The van der Waals surface area contributed by atoms with Crippen molar-refractivity contribution in [1.29, 1.82) is 0 Å². The van der Waals surface area contributed by atoms with Crippen molar-refractivity contribution in [2.24, 2.45) is 0 Å². The lowest BCUT2D eigenvalue weighted by molar-refractivity contribution is 0.395. The van der Waals surface area contributed by atoms with Crippen molar-refractivity contribution >= 4 is 46.4 Å². The first-order valence-electron chi connectivity index (χ1n) is 20.8. The van der Waals surface area contributed by atoms with Crippen LogP contribution >= 0.6 is 14.5 Å². The largest absolute Gasteiger partial charge is 0.497 e. The van der Waals surface area contributed by atoms with Gasteiger partial charge in [-0.25, -0.2) is 0 Å². The van der Waals surface area contributed by atoms with E-state index in [1.165, 1.54) is 0 Å². The molecule has 0 N–H and O–H groups in total. The van der Waals surface area contributed by atoms with Crippen LogP contribution in [0.5, 0.6) is 69.0 Å². The number of ether oxygens (including phenoxy) is 12. The third-order valence-electron chi connectivity index (χ3n) is 11.8. The zero-order chi connectivity index (χ0) is 46.7. The van der Waals surface area contributed by atoms with Crippen molar-refractivity contribution in [2.75, 3.05) is 97.6 Å². The number of rotatable bonds is 22. The molecule has 6 aromatic rings. The Kier molecular flexibility index (Phi) is 16.1. The predicted octanol–water partition coefficient (Wildman–Crippen LogP) is 7.47. The van der Waals surface area contributed by atoms with E-state index in [0.29, 0.717) is 87.7 Å². The Bertz CT molecular complexity index is 2120. The fourth-order valence-electron chi connectivity index (χ4n) is 8.65. The SMILES string of the molecule is COc1ccc([P+](CCC[P+](c2ccc(OC)cc2OC)(c2ccc(OC)cc2OC)c2ccc(OC)cc2OC)(c2ccc(OC)cc2OC)c2ccc(OC)cc2OC)c(OC)c1. The van der Waals surface area contributed by atoms with Gasteiger partial charge in [0.1, 0.15) is 80.8 Å². The summed E-state index contributed by atoms with van der Waals surface area (Å²) in [6.45, 7) is 0. The Labute approximate surface area is 384 Å². The maximum absolute atomic E-state index is 6.32. The highest BCUT2D eigenvalue weighted by atomic mass is 31.2. The van der Waals surface area contributed by atoms with Gasteiger partial charge in [-0.1, -0.05) is 0 Å². The summed E-state index contributed by atoms with van der Waals surface area (Å²) in [5, 5.41) is 5.77. The Morgan fingerprint density at radius 2 is 0.415 bits per heavy atom. The van der Waals surface area contributed by atoms with Crippen molar-refractivity contribution in [1.82, 2.24) is 0 Å². The minimum absolute atomic E-state index is 0.595. The first-order chi connectivity index (χ1) is 31.6. The van der Waals surface area contributed by atoms with Gasteiger partial charge in [0.25, 0.3) is 0 Å². The van der Waals surface area contributed by atoms with E-state index in [1.54, 1.807) is 85.3 Å². The maximum Gasteiger partial charge on any atom is 0.165 e. The van der Waals surface area contributed by atoms with Crippen LogP contribution in [-0.2, 0) is 0 Å². The van der Waals surface area contributed by atoms with Gasteiger partial charge in [-0.2, -0.15) is 0 Å². The van der Waals surface area contributed by atoms with Crippen LogP contribution < -0.4 is 88.7 Å². The van der Waals surface area contributed by atoms with Crippen molar-refractivity contribution in [3.63, 3.8) is 0 Å². The van der Waals surface area contributed by atoms with Crippen molar-refractivity contribution in [2.45, 2.75) is 6.42 Å². The van der Waals surface area contributed by atoms with Crippen LogP contribution in [-0.4, -0.2) is 97.6 Å². The summed E-state index contributed by atoms with van der Waals surface area (Å²) in [6, 6.07) is 36.1. The normalized spacial score (nSPS) is 11.3. The molecule has 12 nitrogen and oxygen atoms in total. The molecule has 0 aliphatic rings. The van der Waals surface area contributed by atoms with Crippen LogP contribution in [0.25, 0.3) is 0 Å². The van der Waals surface area contributed by atoms with Gasteiger partial charge in [-0.3, -0.25) is 0 Å². The van der Waals surface area contributed by atoms with E-state index in [1.807, 2.05) is 72.8 Å². The van der Waals surface area contributed by atoms with Gasteiger partial charge in [-0.05, 0) is 72.8 Å². The highest BCUT2D eigenvalue weighted by molar-refractivity contribution is 7.97. The quantitative estimate of drug-likeness (QED) is 0.0631. The summed E-state index contributed by atoms with van der Waals surface area (Å²) in [4.78, 5) is 0. The molecule has 65 heavy (non-hydrogen) atoms. The zero-order valence-corrected chi connectivity index (χ0v) is 41.1. The summed E-state index contributed by atoms with van der Waals surface area (Å²) in [5.74, 6) is 7.84. The Balaban J connectivity index is 1.77. The van der Waals surface area contributed by atoms with Crippen LogP contribution in [0, 0.1) is 0 Å². The monoisotopic (exact) mass is 926 g/mol. The number of benzene rings is 6. The van der Waals surface area contributed by atoms with E-state index >= 15 is 0 Å². The van der Waals surface area contributed by atoms with Crippen LogP contribution in [0.15, 0.2) is 109 Å². The second-order valence-corrected chi connectivity index (χ2v) is 21.7. The standard InChI is InChI=1S/C51H60O12P2/c1-52-34-14-20-46(40(28-34)58-7)64(47-21-15-35(53-2)29-41(47)59-8,48-22-16-36(54-3)30-42(48)60-9)26-13-27-65(49-23-17-37(55-4)31-43(49)61-10,50-24-18-38(56-5)32-44(50)62-11)51-25-19-39(57-6)33-45(51)63-12/h14-25,28-33H,13,26-27H2,1-12H3/q+2. The zero-order valence-electron chi connectivity index (χ0n) is 39.3. The maximum atomic E-state index is 6.32. The van der Waals surface area contributed by atoms with E-state index in [2.05, 4.69) is 36.4 Å². The second kappa shape index (κ2) is 21.6. The van der Waals surface area contributed by atoms with Crippen LogP contribution in [0.3, 0.4) is 0 Å². The summed E-state index contributed by atoms with van der Waals surface area (Å²) in [6.07, 6.45) is 1.82. The molecule has 0 saturated carbocycles. The van der Waals surface area contributed by atoms with Crippen molar-refractivity contribution in [3.05, 3.63) is 109 Å². The Morgan fingerprint density at radius 1 is 0.246 bits per heavy atom. The second-order valence-electron chi connectivity index (χ2n) is 14.6. The van der Waals surface area contributed by atoms with E-state index in [0.717, 1.165) is 31.8 Å². The highest BCUT2D eigenvalue weighted by Gasteiger charge is 2.56. The minimum Gasteiger partial charge on any atom is -0.497 e. The first kappa shape index (κ1) is 48.2. The van der Waals surface area contributed by atoms with Gasteiger partial charge >= 0.3 is 0 Å². The third-order valence-corrected chi connectivity index (χ3v) is 20.9. The molecule has 0 radical (unpaired) electrons. The summed E-state index contributed by atoms with van der Waals surface area (Å²) < 4.78 is 72.5. The van der Waals surface area contributed by atoms with Gasteiger partial charge < -0.3 is 56.8 Å². The molecule has 14 heteroatoms. The molecular formula is C51H60O12P2+2. The van der Waals surface area contributed by atoms with E-state index in [-0.39, 0.29) is 0 Å². The highest BCUT2D eigenvalue weighted by Crippen LogP contribution is 2.66. The van der Waals surface area contributed by atoms with Crippen LogP contribution in [0.1, 0.15) is 6.42 Å². The molecule has 6 aromatic carbocycles. The molecule has 0 spiro atoms. The lowest BCUT2D eigenvalue weighted by atomic mass is 10.3. The topological polar surface area (TPSA) is 111 Å². The molecule has 0 fully saturated rings. The molecule has 0 amide bonds. The average Bonchev–Trinajstić information content (AvgIpc) is 3.37. The van der Waals surface area contributed by atoms with E-state index in [9.17, 15) is 0 Å². The lowest BCUT2D eigenvalue weighted by Gasteiger charge is -2.33. The Hall–Kier alpha value is -6.22. The minimum atomic E-state index is -2.94. The molecule has 0 bridgehead atoms. The third kappa shape index (κ3) is 9.20. The molecule has 6 rings (SSSR count). The smallest absolute Gasteiger partial charge is 0.165 e.